The average molecular weight is 439 g/mol. The summed E-state index contributed by atoms with van der Waals surface area (Å²) >= 11 is 3.46. The summed E-state index contributed by atoms with van der Waals surface area (Å²) in [5.74, 6) is 1.01. The molecule has 0 amide bonds. The number of phenols is 1. The Hall–Kier alpha value is -2.87. The Kier molecular flexibility index (Phi) is 4.27. The van der Waals surface area contributed by atoms with Crippen LogP contribution < -0.4 is 15.1 Å². The summed E-state index contributed by atoms with van der Waals surface area (Å²) in [4.78, 5) is 9.01. The van der Waals surface area contributed by atoms with Crippen LogP contribution in [0.1, 0.15) is 0 Å². The highest BCUT2D eigenvalue weighted by molar-refractivity contribution is 9.10. The number of phenolic OH excluding ortho intramolecular Hbond substituents is 1. The van der Waals surface area contributed by atoms with E-state index in [-0.39, 0.29) is 5.75 Å². The predicted octanol–water partition coefficient (Wildman–Crippen LogP) is 3.13. The zero-order valence-electron chi connectivity index (χ0n) is 15.1. The molecule has 1 saturated heterocycles. The molecule has 5 rings (SSSR count). The Labute approximate surface area is 171 Å². The van der Waals surface area contributed by atoms with Gasteiger partial charge in [-0.05, 0) is 46.3 Å². The van der Waals surface area contributed by atoms with Gasteiger partial charge in [0.15, 0.2) is 5.82 Å². The van der Waals surface area contributed by atoms with E-state index in [9.17, 15) is 5.11 Å². The van der Waals surface area contributed by atoms with Crippen LogP contribution in [0.25, 0.3) is 11.3 Å². The lowest BCUT2D eigenvalue weighted by molar-refractivity contribution is 0.477. The minimum Gasteiger partial charge on any atom is -0.507 e. The van der Waals surface area contributed by atoms with E-state index < -0.39 is 0 Å². The fraction of sp³-hybridized carbons (Fsp3) is 0.250. The summed E-state index contributed by atoms with van der Waals surface area (Å²) < 4.78 is 0.849. The minimum absolute atomic E-state index is 0.213. The summed E-state index contributed by atoms with van der Waals surface area (Å²) in [7, 11) is 0. The molecule has 1 unspecified atom stereocenters. The lowest BCUT2D eigenvalue weighted by Crippen LogP contribution is -2.58. The molecule has 4 heterocycles. The molecule has 2 aromatic heterocycles. The summed E-state index contributed by atoms with van der Waals surface area (Å²) in [5, 5.41) is 22.3. The highest BCUT2D eigenvalue weighted by Gasteiger charge is 2.33. The molecule has 28 heavy (non-hydrogen) atoms. The Morgan fingerprint density at radius 1 is 1.11 bits per heavy atom. The van der Waals surface area contributed by atoms with Gasteiger partial charge in [0.05, 0.1) is 17.4 Å². The lowest BCUT2D eigenvalue weighted by atomic mass is 10.1. The van der Waals surface area contributed by atoms with Gasteiger partial charge in [-0.25, -0.2) is 4.98 Å². The molecule has 8 heteroatoms. The van der Waals surface area contributed by atoms with Crippen LogP contribution in [0.4, 0.5) is 17.2 Å². The number of fused-ring (bicyclic) bond motifs is 3. The monoisotopic (exact) mass is 438 g/mol. The molecule has 0 saturated carbocycles. The molecule has 0 spiro atoms. The molecule has 2 aliphatic heterocycles. The van der Waals surface area contributed by atoms with Crippen molar-refractivity contribution in [3.8, 4) is 17.0 Å². The maximum atomic E-state index is 10.2. The molecule has 3 aromatic rings. The maximum absolute atomic E-state index is 10.2. The van der Waals surface area contributed by atoms with Crippen molar-refractivity contribution in [2.45, 2.75) is 6.04 Å². The highest BCUT2D eigenvalue weighted by Crippen LogP contribution is 2.36. The largest absolute Gasteiger partial charge is 0.507 e. The van der Waals surface area contributed by atoms with Crippen LogP contribution in [0, 0.1) is 0 Å². The number of aromatic hydroxyl groups is 1. The number of pyridine rings is 1. The summed E-state index contributed by atoms with van der Waals surface area (Å²) in [6.07, 6.45) is 1.83. The minimum atomic E-state index is 0.213. The molecule has 1 atom stereocenters. The quantitative estimate of drug-likeness (QED) is 0.595. The molecule has 0 radical (unpaired) electrons. The van der Waals surface area contributed by atoms with Gasteiger partial charge >= 0.3 is 0 Å². The van der Waals surface area contributed by atoms with Gasteiger partial charge in [0.2, 0.25) is 0 Å². The van der Waals surface area contributed by atoms with Gasteiger partial charge in [-0.2, -0.15) is 0 Å². The summed E-state index contributed by atoms with van der Waals surface area (Å²) in [6.45, 7) is 3.54. The number of nitrogens with zero attached hydrogens (tertiary/aromatic N) is 5. The molecule has 0 bridgehead atoms. The van der Waals surface area contributed by atoms with Crippen molar-refractivity contribution in [2.75, 3.05) is 41.3 Å². The van der Waals surface area contributed by atoms with Crippen molar-refractivity contribution < 1.29 is 5.11 Å². The van der Waals surface area contributed by atoms with Crippen molar-refractivity contribution >= 4 is 33.1 Å². The van der Waals surface area contributed by atoms with Gasteiger partial charge < -0.3 is 20.2 Å². The van der Waals surface area contributed by atoms with Gasteiger partial charge in [-0.3, -0.25) is 0 Å². The smallest absolute Gasteiger partial charge is 0.172 e. The molecule has 1 aromatic carbocycles. The lowest BCUT2D eigenvalue weighted by Gasteiger charge is -2.46. The van der Waals surface area contributed by atoms with E-state index in [1.807, 2.05) is 30.5 Å². The number of nitrogens with one attached hydrogen (secondary N) is 1. The Balaban J connectivity index is 1.44. The number of piperazine rings is 1. The first-order chi connectivity index (χ1) is 13.7. The van der Waals surface area contributed by atoms with Gasteiger partial charge in [-0.1, -0.05) is 12.1 Å². The van der Waals surface area contributed by atoms with E-state index >= 15 is 0 Å². The number of aromatic nitrogens is 3. The fourth-order valence-electron chi connectivity index (χ4n) is 3.93. The summed E-state index contributed by atoms with van der Waals surface area (Å²) in [6, 6.07) is 13.7. The first kappa shape index (κ1) is 17.2. The van der Waals surface area contributed by atoms with Gasteiger partial charge in [0.1, 0.15) is 10.4 Å². The number of hydrogen-bond acceptors (Lipinski definition) is 7. The second kappa shape index (κ2) is 6.94. The van der Waals surface area contributed by atoms with E-state index in [1.165, 1.54) is 5.69 Å². The summed E-state index contributed by atoms with van der Waals surface area (Å²) in [5.41, 5.74) is 3.59. The van der Waals surface area contributed by atoms with Crippen LogP contribution in [-0.2, 0) is 0 Å². The molecule has 7 nitrogen and oxygen atoms in total. The van der Waals surface area contributed by atoms with Gasteiger partial charge in [0.25, 0.3) is 0 Å². The normalized spacial score (nSPS) is 18.2. The van der Waals surface area contributed by atoms with Crippen LogP contribution in [0.15, 0.2) is 53.3 Å². The number of halogens is 1. The highest BCUT2D eigenvalue weighted by atomic mass is 79.9. The van der Waals surface area contributed by atoms with E-state index in [2.05, 4.69) is 52.3 Å². The predicted molar refractivity (Wildman–Crippen MR) is 113 cm³/mol. The maximum Gasteiger partial charge on any atom is 0.172 e. The van der Waals surface area contributed by atoms with Crippen molar-refractivity contribution in [3.63, 3.8) is 0 Å². The number of para-hydroxylation sites is 1. The molecular weight excluding hydrogens is 420 g/mol. The zero-order chi connectivity index (χ0) is 19.1. The third-order valence-electron chi connectivity index (χ3n) is 5.33. The first-order valence-electron chi connectivity index (χ1n) is 9.22. The van der Waals surface area contributed by atoms with Crippen molar-refractivity contribution in [3.05, 3.63) is 53.3 Å². The third kappa shape index (κ3) is 3.03. The van der Waals surface area contributed by atoms with Crippen LogP contribution in [0.3, 0.4) is 0 Å². The SMILES string of the molecule is Oc1ccccc1-c1cc2c(nn1)NCC1CN(c3ccnc(Br)c3)CCN21. The van der Waals surface area contributed by atoms with Crippen molar-refractivity contribution in [1.82, 2.24) is 15.2 Å². The van der Waals surface area contributed by atoms with E-state index in [0.29, 0.717) is 17.3 Å². The van der Waals surface area contributed by atoms with Crippen LogP contribution >= 0.6 is 15.9 Å². The Bertz CT molecular complexity index is 1030. The fourth-order valence-corrected chi connectivity index (χ4v) is 4.29. The third-order valence-corrected chi connectivity index (χ3v) is 5.76. The van der Waals surface area contributed by atoms with E-state index in [1.54, 1.807) is 12.1 Å². The first-order valence-corrected chi connectivity index (χ1v) is 10.0. The molecule has 142 valence electrons. The van der Waals surface area contributed by atoms with Gasteiger partial charge in [-0.15, -0.1) is 10.2 Å². The Morgan fingerprint density at radius 3 is 2.86 bits per heavy atom. The number of hydrogen-bond donors (Lipinski definition) is 2. The number of benzene rings is 1. The van der Waals surface area contributed by atoms with Crippen LogP contribution in [0.2, 0.25) is 0 Å². The second-order valence-corrected chi connectivity index (χ2v) is 7.80. The average Bonchev–Trinajstić information content (AvgIpc) is 2.73. The zero-order valence-corrected chi connectivity index (χ0v) is 16.7. The topological polar surface area (TPSA) is 77.4 Å². The molecule has 1 fully saturated rings. The van der Waals surface area contributed by atoms with E-state index in [4.69, 9.17) is 0 Å². The molecular formula is C20H19BrN6O. The van der Waals surface area contributed by atoms with Gasteiger partial charge in [0, 0.05) is 43.6 Å². The molecule has 0 aliphatic carbocycles. The molecule has 2 N–H and O–H groups in total. The van der Waals surface area contributed by atoms with Crippen LogP contribution in [-0.4, -0.2) is 52.5 Å². The van der Waals surface area contributed by atoms with E-state index in [0.717, 1.165) is 42.3 Å². The number of rotatable bonds is 2. The number of anilines is 3. The Morgan fingerprint density at radius 2 is 2.00 bits per heavy atom. The van der Waals surface area contributed by atoms with Crippen molar-refractivity contribution in [1.29, 1.82) is 0 Å². The van der Waals surface area contributed by atoms with Crippen LogP contribution in [0.5, 0.6) is 5.75 Å². The molecule has 2 aliphatic rings. The van der Waals surface area contributed by atoms with Crippen molar-refractivity contribution in [2.24, 2.45) is 0 Å². The standard InChI is InChI=1S/C20H19BrN6O/c21-19-9-13(5-6-22-19)26-7-8-27-14(12-26)11-23-20-17(27)10-16(24-25-20)15-3-1-2-4-18(15)28/h1-6,9-10,14,28H,7-8,11-12H2,(H,23,25). The second-order valence-electron chi connectivity index (χ2n) is 6.99.